The molecule has 3 amide bonds. The molecule has 1 saturated heterocycles. The van der Waals surface area contributed by atoms with E-state index in [4.69, 9.17) is 0 Å². The first-order valence-electron chi connectivity index (χ1n) is 7.03. The fraction of sp³-hybridized carbons (Fsp3) is 0.267. The Hall–Kier alpha value is -2.83. The van der Waals surface area contributed by atoms with E-state index in [0.29, 0.717) is 6.54 Å². The zero-order valence-corrected chi connectivity index (χ0v) is 12.2. The molecule has 1 aromatic carbocycles. The molecule has 1 aliphatic heterocycles. The van der Waals surface area contributed by atoms with Crippen molar-refractivity contribution in [1.82, 2.24) is 20.4 Å². The lowest BCUT2D eigenvalue weighted by atomic mass is 10.0. The second-order valence-electron chi connectivity index (χ2n) is 5.23. The molecule has 3 rings (SSSR count). The number of hydrogen-bond donors (Lipinski definition) is 3. The molecular formula is C15H17N5O2. The molecule has 1 aromatic heterocycles. The van der Waals surface area contributed by atoms with Crippen LogP contribution < -0.4 is 16.0 Å². The molecule has 1 fully saturated rings. The molecule has 22 heavy (non-hydrogen) atoms. The number of anilines is 1. The second kappa shape index (κ2) is 5.88. The van der Waals surface area contributed by atoms with E-state index in [1.807, 2.05) is 43.6 Å². The number of carbonyl (C=O) groups excluding carboxylic acids is 2. The minimum atomic E-state index is -0.446. The minimum absolute atomic E-state index is 0.256. The molecule has 2 aromatic rings. The van der Waals surface area contributed by atoms with Crippen molar-refractivity contribution in [3.05, 3.63) is 47.8 Å². The van der Waals surface area contributed by atoms with Gasteiger partial charge in [0.25, 0.3) is 0 Å². The van der Waals surface area contributed by atoms with Crippen LogP contribution >= 0.6 is 0 Å². The summed E-state index contributed by atoms with van der Waals surface area (Å²) in [6.07, 6.45) is 2.16. The molecule has 1 aliphatic rings. The zero-order chi connectivity index (χ0) is 15.5. The molecule has 0 spiro atoms. The van der Waals surface area contributed by atoms with Crippen molar-refractivity contribution < 1.29 is 9.59 Å². The average molecular weight is 299 g/mol. The number of carbonyl (C=O) groups is 2. The monoisotopic (exact) mass is 299 g/mol. The van der Waals surface area contributed by atoms with Gasteiger partial charge < -0.3 is 10.6 Å². The number of aromatic nitrogens is 2. The number of nitrogens with one attached hydrogen (secondary N) is 3. The second-order valence-corrected chi connectivity index (χ2v) is 5.23. The van der Waals surface area contributed by atoms with E-state index in [9.17, 15) is 9.59 Å². The standard InChI is InChI=1S/C15H17N5O2/c1-20-7-6-12(19-20)9-16-11-4-2-10(3-5-11)13-8-14(21)18-15(22)17-13/h2-7,13,16H,8-9H2,1H3,(H2,17,18,21,22). The summed E-state index contributed by atoms with van der Waals surface area (Å²) in [6.45, 7) is 0.642. The predicted molar refractivity (Wildman–Crippen MR) is 81.0 cm³/mol. The van der Waals surface area contributed by atoms with Gasteiger partial charge in [0.05, 0.1) is 24.7 Å². The lowest BCUT2D eigenvalue weighted by Gasteiger charge is -2.23. The van der Waals surface area contributed by atoms with Crippen LogP contribution in [0.2, 0.25) is 0 Å². The Bertz CT molecular complexity index is 676. The van der Waals surface area contributed by atoms with Gasteiger partial charge in [-0.1, -0.05) is 12.1 Å². The smallest absolute Gasteiger partial charge is 0.321 e. The lowest BCUT2D eigenvalue weighted by Crippen LogP contribution is -2.48. The van der Waals surface area contributed by atoms with Crippen LogP contribution in [0.4, 0.5) is 10.5 Å². The molecule has 0 aliphatic carbocycles. The normalized spacial score (nSPS) is 17.8. The van der Waals surface area contributed by atoms with Gasteiger partial charge in [-0.15, -0.1) is 0 Å². The number of urea groups is 1. The Morgan fingerprint density at radius 1 is 1.27 bits per heavy atom. The molecule has 2 heterocycles. The van der Waals surface area contributed by atoms with E-state index >= 15 is 0 Å². The maximum atomic E-state index is 11.4. The molecule has 7 nitrogen and oxygen atoms in total. The summed E-state index contributed by atoms with van der Waals surface area (Å²) < 4.78 is 1.76. The zero-order valence-electron chi connectivity index (χ0n) is 12.2. The number of benzene rings is 1. The number of imide groups is 1. The Labute approximate surface area is 127 Å². The summed E-state index contributed by atoms with van der Waals surface area (Å²) in [5.74, 6) is -0.258. The van der Waals surface area contributed by atoms with Crippen molar-refractivity contribution in [3.63, 3.8) is 0 Å². The van der Waals surface area contributed by atoms with E-state index in [2.05, 4.69) is 21.0 Å². The summed E-state index contributed by atoms with van der Waals surface area (Å²) in [7, 11) is 1.88. The van der Waals surface area contributed by atoms with Gasteiger partial charge in [-0.05, 0) is 23.8 Å². The van der Waals surface area contributed by atoms with Crippen LogP contribution in [0.5, 0.6) is 0 Å². The van der Waals surface area contributed by atoms with E-state index in [-0.39, 0.29) is 18.4 Å². The molecule has 0 bridgehead atoms. The van der Waals surface area contributed by atoms with Gasteiger partial charge >= 0.3 is 6.03 Å². The summed E-state index contributed by atoms with van der Waals surface area (Å²) >= 11 is 0. The topological polar surface area (TPSA) is 88.0 Å². The molecule has 114 valence electrons. The third-order valence-electron chi connectivity index (χ3n) is 3.50. The Kier molecular flexibility index (Phi) is 3.78. The van der Waals surface area contributed by atoms with Crippen LogP contribution in [0.1, 0.15) is 23.7 Å². The summed E-state index contributed by atoms with van der Waals surface area (Å²) in [5, 5.41) is 12.5. The van der Waals surface area contributed by atoms with Crippen LogP contribution in [0.3, 0.4) is 0 Å². The quantitative estimate of drug-likeness (QED) is 0.794. The van der Waals surface area contributed by atoms with Crippen LogP contribution in [0.15, 0.2) is 36.5 Å². The van der Waals surface area contributed by atoms with Crippen molar-refractivity contribution in [2.24, 2.45) is 7.05 Å². The maximum absolute atomic E-state index is 11.4. The van der Waals surface area contributed by atoms with E-state index in [1.165, 1.54) is 0 Å². The highest BCUT2D eigenvalue weighted by molar-refractivity contribution is 5.97. The summed E-state index contributed by atoms with van der Waals surface area (Å²) in [5.41, 5.74) is 2.83. The van der Waals surface area contributed by atoms with Gasteiger partial charge in [-0.25, -0.2) is 4.79 Å². The molecule has 1 unspecified atom stereocenters. The molecule has 7 heteroatoms. The van der Waals surface area contributed by atoms with Crippen LogP contribution in [-0.2, 0) is 18.4 Å². The molecular weight excluding hydrogens is 282 g/mol. The van der Waals surface area contributed by atoms with Gasteiger partial charge in [0, 0.05) is 18.9 Å². The SMILES string of the molecule is Cn1ccc(CNc2ccc(C3CC(=O)NC(=O)N3)cc2)n1. The van der Waals surface area contributed by atoms with Crippen molar-refractivity contribution in [2.75, 3.05) is 5.32 Å². The molecule has 0 saturated carbocycles. The fourth-order valence-corrected chi connectivity index (χ4v) is 2.39. The van der Waals surface area contributed by atoms with Gasteiger partial charge in [-0.3, -0.25) is 14.8 Å². The third kappa shape index (κ3) is 3.25. The first-order valence-corrected chi connectivity index (χ1v) is 7.03. The van der Waals surface area contributed by atoms with Crippen molar-refractivity contribution in [1.29, 1.82) is 0 Å². The lowest BCUT2D eigenvalue weighted by molar-refractivity contribution is -0.121. The van der Waals surface area contributed by atoms with Crippen molar-refractivity contribution >= 4 is 17.6 Å². The highest BCUT2D eigenvalue weighted by atomic mass is 16.2. The van der Waals surface area contributed by atoms with Gasteiger partial charge in [-0.2, -0.15) is 5.10 Å². The van der Waals surface area contributed by atoms with Gasteiger partial charge in [0.15, 0.2) is 0 Å². The maximum Gasteiger partial charge on any atom is 0.321 e. The Morgan fingerprint density at radius 3 is 2.68 bits per heavy atom. The van der Waals surface area contributed by atoms with E-state index in [0.717, 1.165) is 16.9 Å². The highest BCUT2D eigenvalue weighted by Gasteiger charge is 2.24. The fourth-order valence-electron chi connectivity index (χ4n) is 2.39. The van der Waals surface area contributed by atoms with Crippen LogP contribution in [0, 0.1) is 0 Å². The van der Waals surface area contributed by atoms with E-state index < -0.39 is 6.03 Å². The number of aryl methyl sites for hydroxylation is 1. The first-order chi connectivity index (χ1) is 10.6. The van der Waals surface area contributed by atoms with Crippen molar-refractivity contribution in [3.8, 4) is 0 Å². The number of hydrogen-bond acceptors (Lipinski definition) is 4. The third-order valence-corrected chi connectivity index (χ3v) is 3.50. The largest absolute Gasteiger partial charge is 0.379 e. The number of rotatable bonds is 4. The van der Waals surface area contributed by atoms with Crippen LogP contribution in [0.25, 0.3) is 0 Å². The molecule has 0 radical (unpaired) electrons. The van der Waals surface area contributed by atoms with Crippen molar-refractivity contribution in [2.45, 2.75) is 19.0 Å². The number of amides is 3. The summed E-state index contributed by atoms with van der Waals surface area (Å²) in [6, 6.07) is 8.91. The first kappa shape index (κ1) is 14.1. The number of nitrogens with zero attached hydrogens (tertiary/aromatic N) is 2. The average Bonchev–Trinajstić information content (AvgIpc) is 2.90. The predicted octanol–water partition coefficient (Wildman–Crippen LogP) is 1.30. The Balaban J connectivity index is 1.62. The van der Waals surface area contributed by atoms with Gasteiger partial charge in [0.2, 0.25) is 5.91 Å². The molecule has 3 N–H and O–H groups in total. The minimum Gasteiger partial charge on any atom is -0.379 e. The van der Waals surface area contributed by atoms with Gasteiger partial charge in [0.1, 0.15) is 0 Å². The highest BCUT2D eigenvalue weighted by Crippen LogP contribution is 2.21. The summed E-state index contributed by atoms with van der Waals surface area (Å²) in [4.78, 5) is 22.7. The Morgan fingerprint density at radius 2 is 2.05 bits per heavy atom. The van der Waals surface area contributed by atoms with Crippen LogP contribution in [-0.4, -0.2) is 21.7 Å². The van der Waals surface area contributed by atoms with E-state index in [1.54, 1.807) is 4.68 Å². The molecule has 1 atom stereocenters.